The molecule has 0 saturated heterocycles. The molecule has 1 aliphatic rings. The van der Waals surface area contributed by atoms with Crippen molar-refractivity contribution in [2.75, 3.05) is 5.32 Å². The Balaban J connectivity index is 1.12. The van der Waals surface area contributed by atoms with E-state index in [1.54, 1.807) is 6.07 Å². The van der Waals surface area contributed by atoms with Crippen LogP contribution >= 0.6 is 23.2 Å². The quantitative estimate of drug-likeness (QED) is 0.315. The molecule has 174 valence electrons. The summed E-state index contributed by atoms with van der Waals surface area (Å²) in [6.45, 7) is 0.332. The highest BCUT2D eigenvalue weighted by Gasteiger charge is 2.30. The lowest BCUT2D eigenvalue weighted by atomic mass is 9.81. The first-order valence-electron chi connectivity index (χ1n) is 11.4. The molecule has 0 radical (unpaired) electrons. The molecule has 1 heterocycles. The third-order valence-electron chi connectivity index (χ3n) is 6.50. The van der Waals surface area contributed by atoms with Gasteiger partial charge >= 0.3 is 0 Å². The van der Waals surface area contributed by atoms with E-state index >= 15 is 0 Å². The molecule has 0 atom stereocenters. The number of amides is 2. The van der Waals surface area contributed by atoms with Gasteiger partial charge in [-0.05, 0) is 85.0 Å². The summed E-state index contributed by atoms with van der Waals surface area (Å²) in [6.07, 6.45) is 2.76. The van der Waals surface area contributed by atoms with Gasteiger partial charge in [-0.15, -0.1) is 0 Å². The molecule has 1 saturated carbocycles. The maximum atomic E-state index is 12.8. The minimum absolute atomic E-state index is 0.00513. The molecule has 34 heavy (non-hydrogen) atoms. The summed E-state index contributed by atoms with van der Waals surface area (Å²) in [6, 6.07) is 18.8. The number of anilines is 1. The van der Waals surface area contributed by atoms with Crippen molar-refractivity contribution in [3.63, 3.8) is 0 Å². The van der Waals surface area contributed by atoms with Crippen molar-refractivity contribution in [2.45, 2.75) is 32.2 Å². The average molecular weight is 495 g/mol. The lowest BCUT2D eigenvalue weighted by Crippen LogP contribution is -2.35. The molecule has 3 aromatic carbocycles. The zero-order chi connectivity index (χ0) is 23.7. The van der Waals surface area contributed by atoms with E-state index in [1.807, 2.05) is 54.6 Å². The highest BCUT2D eigenvalue weighted by molar-refractivity contribution is 6.31. The Morgan fingerprint density at radius 1 is 0.765 bits per heavy atom. The van der Waals surface area contributed by atoms with Crippen LogP contribution in [-0.2, 0) is 16.1 Å². The molecule has 1 aromatic heterocycles. The van der Waals surface area contributed by atoms with Gasteiger partial charge in [0.2, 0.25) is 11.8 Å². The van der Waals surface area contributed by atoms with Crippen LogP contribution in [0.1, 0.15) is 31.4 Å². The molecule has 5 rings (SSSR count). The SMILES string of the molecule is O=C(NCc1cc2cc(Cl)ccc2o1)[C@H]1CC[C@H](C(=O)Nc2ccc3cc(Cl)ccc3c2)CC1. The van der Waals surface area contributed by atoms with Crippen LogP contribution in [0.4, 0.5) is 5.69 Å². The van der Waals surface area contributed by atoms with Gasteiger partial charge in [-0.2, -0.15) is 0 Å². The highest BCUT2D eigenvalue weighted by atomic mass is 35.5. The van der Waals surface area contributed by atoms with Crippen LogP contribution in [0.25, 0.3) is 21.7 Å². The monoisotopic (exact) mass is 494 g/mol. The minimum Gasteiger partial charge on any atom is -0.459 e. The number of hydrogen-bond donors (Lipinski definition) is 2. The summed E-state index contributed by atoms with van der Waals surface area (Å²) in [7, 11) is 0. The zero-order valence-electron chi connectivity index (χ0n) is 18.4. The molecule has 0 spiro atoms. The number of nitrogens with one attached hydrogen (secondary N) is 2. The Bertz CT molecular complexity index is 1370. The maximum Gasteiger partial charge on any atom is 0.227 e. The molecule has 4 aromatic rings. The fourth-order valence-corrected chi connectivity index (χ4v) is 4.99. The van der Waals surface area contributed by atoms with Gasteiger partial charge in [-0.1, -0.05) is 35.3 Å². The first-order chi connectivity index (χ1) is 16.4. The Morgan fingerprint density at radius 2 is 1.38 bits per heavy atom. The third-order valence-corrected chi connectivity index (χ3v) is 6.98. The first kappa shape index (κ1) is 22.8. The Kier molecular flexibility index (Phi) is 6.48. The van der Waals surface area contributed by atoms with E-state index in [2.05, 4.69) is 10.6 Å². The molecular weight excluding hydrogens is 471 g/mol. The number of benzene rings is 3. The van der Waals surface area contributed by atoms with Gasteiger partial charge in [0.15, 0.2) is 0 Å². The molecule has 0 aliphatic heterocycles. The van der Waals surface area contributed by atoms with E-state index in [-0.39, 0.29) is 23.7 Å². The van der Waals surface area contributed by atoms with Crippen LogP contribution in [-0.4, -0.2) is 11.8 Å². The Hall–Kier alpha value is -3.02. The number of rotatable bonds is 5. The average Bonchev–Trinajstić information content (AvgIpc) is 3.24. The van der Waals surface area contributed by atoms with Crippen molar-refractivity contribution < 1.29 is 14.0 Å². The van der Waals surface area contributed by atoms with Crippen LogP contribution in [0.3, 0.4) is 0 Å². The standard InChI is InChI=1S/C27H24Cl2N2O3/c28-21-7-5-19-13-23(9-6-18(19)11-21)31-27(33)17-3-1-16(2-4-17)26(32)30-15-24-14-20-12-22(29)8-10-25(20)34-24/h5-14,16-17H,1-4,15H2,(H,30,32)(H,31,33)/t16-,17-. The van der Waals surface area contributed by atoms with E-state index in [9.17, 15) is 9.59 Å². The van der Waals surface area contributed by atoms with E-state index < -0.39 is 0 Å². The van der Waals surface area contributed by atoms with Gasteiger partial charge in [0, 0.05) is 33.0 Å². The minimum atomic E-state index is -0.0925. The molecule has 0 bridgehead atoms. The molecule has 0 unspecified atom stereocenters. The van der Waals surface area contributed by atoms with E-state index in [0.29, 0.717) is 48.0 Å². The summed E-state index contributed by atoms with van der Waals surface area (Å²) < 4.78 is 5.77. The third kappa shape index (κ3) is 5.06. The molecule has 2 N–H and O–H groups in total. The van der Waals surface area contributed by atoms with Gasteiger partial charge in [0.05, 0.1) is 6.54 Å². The normalized spacial score (nSPS) is 18.2. The van der Waals surface area contributed by atoms with Crippen molar-refractivity contribution >= 4 is 62.4 Å². The fourth-order valence-electron chi connectivity index (χ4n) is 4.63. The summed E-state index contributed by atoms with van der Waals surface area (Å²) in [5, 5.41) is 10.3. The Morgan fingerprint density at radius 3 is 2.15 bits per heavy atom. The summed E-state index contributed by atoms with van der Waals surface area (Å²) in [5.41, 5.74) is 1.52. The predicted molar refractivity (Wildman–Crippen MR) is 136 cm³/mol. The molecule has 7 heteroatoms. The van der Waals surface area contributed by atoms with Crippen LogP contribution in [0.15, 0.2) is 65.1 Å². The van der Waals surface area contributed by atoms with Crippen LogP contribution < -0.4 is 10.6 Å². The number of hydrogen-bond acceptors (Lipinski definition) is 3. The van der Waals surface area contributed by atoms with Crippen LogP contribution in [0.5, 0.6) is 0 Å². The summed E-state index contributed by atoms with van der Waals surface area (Å²) >= 11 is 12.1. The van der Waals surface area contributed by atoms with Crippen molar-refractivity contribution in [3.05, 3.63) is 76.5 Å². The van der Waals surface area contributed by atoms with Crippen LogP contribution in [0.2, 0.25) is 10.0 Å². The molecule has 5 nitrogen and oxygen atoms in total. The lowest BCUT2D eigenvalue weighted by Gasteiger charge is -2.27. The van der Waals surface area contributed by atoms with Gasteiger partial charge in [0.1, 0.15) is 11.3 Å². The number of carbonyl (C=O) groups is 2. The predicted octanol–water partition coefficient (Wildman–Crippen LogP) is 6.95. The second-order valence-corrected chi connectivity index (χ2v) is 9.73. The smallest absolute Gasteiger partial charge is 0.227 e. The van der Waals surface area contributed by atoms with Crippen molar-refractivity contribution in [1.29, 1.82) is 0 Å². The van der Waals surface area contributed by atoms with E-state index in [1.165, 1.54) is 0 Å². The van der Waals surface area contributed by atoms with Gasteiger partial charge in [-0.25, -0.2) is 0 Å². The molecule has 1 aliphatic carbocycles. The van der Waals surface area contributed by atoms with E-state index in [0.717, 1.165) is 27.4 Å². The molecule has 2 amide bonds. The summed E-state index contributed by atoms with van der Waals surface area (Å²) in [4.78, 5) is 25.5. The Labute approximate surface area is 207 Å². The molecule has 1 fully saturated rings. The topological polar surface area (TPSA) is 71.3 Å². The second kappa shape index (κ2) is 9.69. The van der Waals surface area contributed by atoms with Gasteiger partial charge < -0.3 is 15.1 Å². The van der Waals surface area contributed by atoms with E-state index in [4.69, 9.17) is 27.6 Å². The van der Waals surface area contributed by atoms with Gasteiger partial charge in [-0.3, -0.25) is 9.59 Å². The zero-order valence-corrected chi connectivity index (χ0v) is 20.0. The van der Waals surface area contributed by atoms with Crippen molar-refractivity contribution in [1.82, 2.24) is 5.32 Å². The van der Waals surface area contributed by atoms with Crippen LogP contribution in [0, 0.1) is 11.8 Å². The first-order valence-corrected chi connectivity index (χ1v) is 12.2. The number of fused-ring (bicyclic) bond motifs is 2. The van der Waals surface area contributed by atoms with Crippen molar-refractivity contribution in [3.8, 4) is 0 Å². The number of halogens is 2. The second-order valence-electron chi connectivity index (χ2n) is 8.86. The number of carbonyl (C=O) groups excluding carboxylic acids is 2. The maximum absolute atomic E-state index is 12.8. The molecular formula is C27H24Cl2N2O3. The largest absolute Gasteiger partial charge is 0.459 e. The van der Waals surface area contributed by atoms with Crippen molar-refractivity contribution in [2.24, 2.45) is 11.8 Å². The number of furan rings is 1. The highest BCUT2D eigenvalue weighted by Crippen LogP contribution is 2.31. The van der Waals surface area contributed by atoms with Gasteiger partial charge in [0.25, 0.3) is 0 Å². The summed E-state index contributed by atoms with van der Waals surface area (Å²) in [5.74, 6) is 0.522. The fraction of sp³-hybridized carbons (Fsp3) is 0.259. The lowest BCUT2D eigenvalue weighted by molar-refractivity contribution is -0.128.